The normalized spacial score (nSPS) is 10.4. The third-order valence-electron chi connectivity index (χ3n) is 3.40. The number of amides is 1. The van der Waals surface area contributed by atoms with Gasteiger partial charge in [0.1, 0.15) is 12.4 Å². The van der Waals surface area contributed by atoms with E-state index < -0.39 is 5.97 Å². The van der Waals surface area contributed by atoms with E-state index in [-0.39, 0.29) is 12.5 Å². The highest BCUT2D eigenvalue weighted by Crippen LogP contribution is 2.14. The van der Waals surface area contributed by atoms with E-state index in [1.54, 1.807) is 55.6 Å². The quantitative estimate of drug-likeness (QED) is 0.370. The zero-order chi connectivity index (χ0) is 19.3. The first-order valence-electron chi connectivity index (χ1n) is 8.50. The maximum atomic E-state index is 12.1. The Morgan fingerprint density at radius 1 is 0.852 bits per heavy atom. The molecular weight excluding hydrogens is 350 g/mol. The van der Waals surface area contributed by atoms with Gasteiger partial charge >= 0.3 is 5.97 Å². The molecule has 2 rings (SSSR count). The third-order valence-corrected chi connectivity index (χ3v) is 3.40. The van der Waals surface area contributed by atoms with Crippen LogP contribution >= 0.6 is 0 Å². The van der Waals surface area contributed by atoms with Crippen LogP contribution in [0.15, 0.2) is 54.6 Å². The van der Waals surface area contributed by atoms with Crippen molar-refractivity contribution in [3.63, 3.8) is 0 Å². The van der Waals surface area contributed by atoms with E-state index in [4.69, 9.17) is 18.9 Å². The maximum Gasteiger partial charge on any atom is 0.343 e. The topological polar surface area (TPSA) is 83.1 Å². The lowest BCUT2D eigenvalue weighted by Gasteiger charge is -2.08. The zero-order valence-corrected chi connectivity index (χ0v) is 15.2. The third kappa shape index (κ3) is 8.00. The summed E-state index contributed by atoms with van der Waals surface area (Å²) < 4.78 is 20.6. The van der Waals surface area contributed by atoms with E-state index in [2.05, 4.69) is 5.32 Å². The fourth-order valence-electron chi connectivity index (χ4n) is 2.07. The van der Waals surface area contributed by atoms with Crippen molar-refractivity contribution in [3.05, 3.63) is 60.2 Å². The van der Waals surface area contributed by atoms with Crippen LogP contribution in [0.1, 0.15) is 10.4 Å². The van der Waals surface area contributed by atoms with E-state index >= 15 is 0 Å². The van der Waals surface area contributed by atoms with Crippen LogP contribution in [-0.4, -0.2) is 52.0 Å². The van der Waals surface area contributed by atoms with E-state index in [0.29, 0.717) is 43.4 Å². The summed E-state index contributed by atoms with van der Waals surface area (Å²) >= 11 is 0. The highest BCUT2D eigenvalue weighted by Gasteiger charge is 2.09. The van der Waals surface area contributed by atoms with Crippen molar-refractivity contribution < 1.29 is 28.5 Å². The standard InChI is InChI=1S/C20H23NO6/c1-24-11-12-25-13-14-26-15-19(22)21-17-9-7-16(8-10-17)20(23)27-18-5-3-2-4-6-18/h2-10H,11-15H2,1H3,(H,21,22). The first-order chi connectivity index (χ1) is 13.2. The minimum Gasteiger partial charge on any atom is -0.423 e. The summed E-state index contributed by atoms with van der Waals surface area (Å²) in [4.78, 5) is 23.9. The highest BCUT2D eigenvalue weighted by molar-refractivity contribution is 5.94. The second kappa shape index (κ2) is 11.8. The lowest BCUT2D eigenvalue weighted by atomic mass is 10.2. The van der Waals surface area contributed by atoms with Gasteiger partial charge in [0.15, 0.2) is 0 Å². The Hall–Kier alpha value is -2.74. The summed E-state index contributed by atoms with van der Waals surface area (Å²) in [5.41, 5.74) is 0.956. The predicted molar refractivity (Wildman–Crippen MR) is 100.0 cm³/mol. The lowest BCUT2D eigenvalue weighted by molar-refractivity contribution is -0.121. The van der Waals surface area contributed by atoms with Crippen LogP contribution in [0.2, 0.25) is 0 Å². The zero-order valence-electron chi connectivity index (χ0n) is 15.2. The molecule has 2 aromatic rings. The Balaban J connectivity index is 1.70. The van der Waals surface area contributed by atoms with Gasteiger partial charge in [0, 0.05) is 12.8 Å². The van der Waals surface area contributed by atoms with E-state index in [1.807, 2.05) is 6.07 Å². The maximum absolute atomic E-state index is 12.1. The monoisotopic (exact) mass is 373 g/mol. The van der Waals surface area contributed by atoms with E-state index in [0.717, 1.165) is 0 Å². The minimum atomic E-state index is -0.462. The number of anilines is 1. The number of hydrogen-bond donors (Lipinski definition) is 1. The molecule has 2 aromatic carbocycles. The summed E-state index contributed by atoms with van der Waals surface area (Å²) in [5, 5.41) is 2.69. The molecule has 0 spiro atoms. The second-order valence-electron chi connectivity index (χ2n) is 5.49. The van der Waals surface area contributed by atoms with Gasteiger partial charge in [-0.05, 0) is 36.4 Å². The van der Waals surface area contributed by atoms with Crippen molar-refractivity contribution in [2.75, 3.05) is 45.5 Å². The molecule has 1 amide bonds. The molecule has 0 bridgehead atoms. The average Bonchev–Trinajstić information content (AvgIpc) is 2.68. The molecule has 0 atom stereocenters. The number of benzene rings is 2. The molecule has 0 aliphatic rings. The highest BCUT2D eigenvalue weighted by atomic mass is 16.5. The Morgan fingerprint density at radius 2 is 1.52 bits per heavy atom. The van der Waals surface area contributed by atoms with E-state index in [9.17, 15) is 9.59 Å². The van der Waals surface area contributed by atoms with Crippen molar-refractivity contribution >= 4 is 17.6 Å². The fourth-order valence-corrected chi connectivity index (χ4v) is 2.07. The van der Waals surface area contributed by atoms with Crippen molar-refractivity contribution in [1.82, 2.24) is 0 Å². The Labute approximate surface area is 158 Å². The van der Waals surface area contributed by atoms with Crippen molar-refractivity contribution in [1.29, 1.82) is 0 Å². The van der Waals surface area contributed by atoms with Gasteiger partial charge in [-0.1, -0.05) is 18.2 Å². The van der Waals surface area contributed by atoms with Gasteiger partial charge in [-0.2, -0.15) is 0 Å². The van der Waals surface area contributed by atoms with Gasteiger partial charge in [0.25, 0.3) is 0 Å². The van der Waals surface area contributed by atoms with Crippen LogP contribution in [0, 0.1) is 0 Å². The van der Waals surface area contributed by atoms with Gasteiger partial charge in [-0.25, -0.2) is 4.79 Å². The summed E-state index contributed by atoms with van der Waals surface area (Å²) in [6.45, 7) is 1.65. The van der Waals surface area contributed by atoms with Crippen molar-refractivity contribution in [3.8, 4) is 5.75 Å². The Morgan fingerprint density at radius 3 is 2.22 bits per heavy atom. The molecule has 27 heavy (non-hydrogen) atoms. The van der Waals surface area contributed by atoms with Crippen LogP contribution in [0.3, 0.4) is 0 Å². The largest absolute Gasteiger partial charge is 0.423 e. The number of carbonyl (C=O) groups is 2. The van der Waals surface area contributed by atoms with Crippen LogP contribution in [-0.2, 0) is 19.0 Å². The Bertz CT molecular complexity index is 702. The molecule has 0 aliphatic carbocycles. The number of ether oxygens (including phenoxy) is 4. The molecule has 0 radical (unpaired) electrons. The van der Waals surface area contributed by atoms with Crippen LogP contribution in [0.25, 0.3) is 0 Å². The summed E-state index contributed by atoms with van der Waals surface area (Å²) in [6.07, 6.45) is 0. The SMILES string of the molecule is COCCOCCOCC(=O)Nc1ccc(C(=O)Oc2ccccc2)cc1. The number of carbonyl (C=O) groups excluding carboxylic acids is 2. The van der Waals surface area contributed by atoms with Gasteiger partial charge in [-0.3, -0.25) is 4.79 Å². The summed E-state index contributed by atoms with van der Waals surface area (Å²) in [7, 11) is 1.60. The second-order valence-corrected chi connectivity index (χ2v) is 5.49. The van der Waals surface area contributed by atoms with Crippen molar-refractivity contribution in [2.45, 2.75) is 0 Å². The smallest absolute Gasteiger partial charge is 0.343 e. The molecule has 0 aliphatic heterocycles. The molecule has 144 valence electrons. The molecular formula is C20H23NO6. The minimum absolute atomic E-state index is 0.0779. The first kappa shape index (κ1) is 20.6. The predicted octanol–water partition coefficient (Wildman–Crippen LogP) is 2.52. The number of rotatable bonds is 11. The number of esters is 1. The molecule has 1 N–H and O–H groups in total. The number of nitrogens with one attached hydrogen (secondary N) is 1. The van der Waals surface area contributed by atoms with Crippen LogP contribution in [0.5, 0.6) is 5.75 Å². The van der Waals surface area contributed by atoms with Crippen LogP contribution < -0.4 is 10.1 Å². The van der Waals surface area contributed by atoms with E-state index in [1.165, 1.54) is 0 Å². The van der Waals surface area contributed by atoms with Crippen LogP contribution in [0.4, 0.5) is 5.69 Å². The summed E-state index contributed by atoms with van der Waals surface area (Å²) in [6, 6.07) is 15.3. The van der Waals surface area contributed by atoms with Gasteiger partial charge < -0.3 is 24.3 Å². The lowest BCUT2D eigenvalue weighted by Crippen LogP contribution is -2.20. The van der Waals surface area contributed by atoms with Crippen molar-refractivity contribution in [2.24, 2.45) is 0 Å². The molecule has 0 saturated carbocycles. The Kier molecular flexibility index (Phi) is 8.99. The summed E-state index contributed by atoms with van der Waals surface area (Å²) in [5.74, 6) is -0.273. The molecule has 0 heterocycles. The molecule has 7 nitrogen and oxygen atoms in total. The van der Waals surface area contributed by atoms with Gasteiger partial charge in [-0.15, -0.1) is 0 Å². The molecule has 0 aromatic heterocycles. The average molecular weight is 373 g/mol. The first-order valence-corrected chi connectivity index (χ1v) is 8.50. The number of methoxy groups -OCH3 is 1. The van der Waals surface area contributed by atoms with Gasteiger partial charge in [0.05, 0.1) is 32.0 Å². The number of hydrogen-bond acceptors (Lipinski definition) is 6. The molecule has 0 fully saturated rings. The molecule has 0 saturated heterocycles. The molecule has 7 heteroatoms. The fraction of sp³-hybridized carbons (Fsp3) is 0.300. The number of para-hydroxylation sites is 1. The molecule has 0 unspecified atom stereocenters. The van der Waals surface area contributed by atoms with Gasteiger partial charge in [0.2, 0.25) is 5.91 Å².